The Kier molecular flexibility index (Phi) is 4.93. The number of aryl methyl sites for hydroxylation is 1. The predicted octanol–water partition coefficient (Wildman–Crippen LogP) is 1.84. The van der Waals surface area contributed by atoms with Gasteiger partial charge in [-0.1, -0.05) is 35.9 Å². The molecule has 0 saturated heterocycles. The highest BCUT2D eigenvalue weighted by atomic mass is 16.5. The van der Waals surface area contributed by atoms with Crippen molar-refractivity contribution in [1.29, 1.82) is 0 Å². The number of para-hydroxylation sites is 1. The number of carbonyl (C=O) groups excluding carboxylic acids is 2. The third-order valence-electron chi connectivity index (χ3n) is 2.74. The van der Waals surface area contributed by atoms with Crippen molar-refractivity contribution in [3.05, 3.63) is 65.7 Å². The first-order chi connectivity index (χ1) is 10.1. The zero-order valence-corrected chi connectivity index (χ0v) is 11.6. The first-order valence-electron chi connectivity index (χ1n) is 6.49. The van der Waals surface area contributed by atoms with Crippen LogP contribution in [0.25, 0.3) is 0 Å². The number of hydrazine groups is 1. The third kappa shape index (κ3) is 4.65. The van der Waals surface area contributed by atoms with E-state index in [4.69, 9.17) is 4.74 Å². The van der Waals surface area contributed by atoms with E-state index in [1.807, 2.05) is 37.3 Å². The van der Waals surface area contributed by atoms with Crippen molar-refractivity contribution in [3.63, 3.8) is 0 Å². The van der Waals surface area contributed by atoms with Gasteiger partial charge in [-0.3, -0.25) is 20.4 Å². The van der Waals surface area contributed by atoms with Crippen LogP contribution in [0.1, 0.15) is 15.9 Å². The molecule has 0 heterocycles. The Labute approximate surface area is 122 Å². The number of ether oxygens (including phenoxy) is 1. The number of hydrogen-bond donors (Lipinski definition) is 2. The molecule has 0 unspecified atom stereocenters. The van der Waals surface area contributed by atoms with Crippen molar-refractivity contribution in [3.8, 4) is 5.75 Å². The fourth-order valence-corrected chi connectivity index (χ4v) is 1.61. The number of carbonyl (C=O) groups is 2. The molecule has 0 aliphatic carbocycles. The Morgan fingerprint density at radius 1 is 0.952 bits per heavy atom. The molecule has 2 aromatic carbocycles. The van der Waals surface area contributed by atoms with Gasteiger partial charge < -0.3 is 4.74 Å². The summed E-state index contributed by atoms with van der Waals surface area (Å²) >= 11 is 0. The van der Waals surface area contributed by atoms with E-state index in [1.165, 1.54) is 0 Å². The molecule has 2 N–H and O–H groups in total. The van der Waals surface area contributed by atoms with Crippen molar-refractivity contribution in [2.75, 3.05) is 6.61 Å². The second-order valence-electron chi connectivity index (χ2n) is 4.47. The van der Waals surface area contributed by atoms with Gasteiger partial charge >= 0.3 is 0 Å². The van der Waals surface area contributed by atoms with Gasteiger partial charge in [0, 0.05) is 5.56 Å². The Balaban J connectivity index is 1.76. The van der Waals surface area contributed by atoms with E-state index < -0.39 is 5.91 Å². The van der Waals surface area contributed by atoms with Crippen LogP contribution in [0.3, 0.4) is 0 Å². The quantitative estimate of drug-likeness (QED) is 0.842. The van der Waals surface area contributed by atoms with Crippen LogP contribution < -0.4 is 15.6 Å². The van der Waals surface area contributed by atoms with Gasteiger partial charge in [0.25, 0.3) is 11.8 Å². The summed E-state index contributed by atoms with van der Waals surface area (Å²) in [6.07, 6.45) is 0. The lowest BCUT2D eigenvalue weighted by Gasteiger charge is -2.08. The van der Waals surface area contributed by atoms with Gasteiger partial charge in [0.1, 0.15) is 5.75 Å². The predicted molar refractivity (Wildman–Crippen MR) is 78.7 cm³/mol. The monoisotopic (exact) mass is 284 g/mol. The van der Waals surface area contributed by atoms with Gasteiger partial charge in [0.05, 0.1) is 0 Å². The van der Waals surface area contributed by atoms with Gasteiger partial charge in [-0.05, 0) is 31.2 Å². The largest absolute Gasteiger partial charge is 0.484 e. The summed E-state index contributed by atoms with van der Waals surface area (Å²) in [5.74, 6) is -0.208. The topological polar surface area (TPSA) is 67.4 Å². The molecular weight excluding hydrogens is 268 g/mol. The molecule has 0 aliphatic rings. The SMILES string of the molecule is Cc1ccc(C(=O)NNC(=O)COc2ccccc2)cc1. The Bertz CT molecular complexity index is 609. The smallest absolute Gasteiger partial charge is 0.276 e. The normalized spacial score (nSPS) is 9.76. The van der Waals surface area contributed by atoms with E-state index in [-0.39, 0.29) is 12.5 Å². The summed E-state index contributed by atoms with van der Waals surface area (Å²) in [7, 11) is 0. The fraction of sp³-hybridized carbons (Fsp3) is 0.125. The molecule has 5 nitrogen and oxygen atoms in total. The minimum Gasteiger partial charge on any atom is -0.484 e. The number of benzene rings is 2. The maximum Gasteiger partial charge on any atom is 0.276 e. The summed E-state index contributed by atoms with van der Waals surface area (Å²) in [5.41, 5.74) is 6.18. The van der Waals surface area contributed by atoms with Crippen LogP contribution in [0, 0.1) is 6.92 Å². The number of amides is 2. The molecule has 0 aliphatic heterocycles. The van der Waals surface area contributed by atoms with Crippen molar-refractivity contribution >= 4 is 11.8 Å². The number of nitrogens with one attached hydrogen (secondary N) is 2. The molecule has 2 aromatic rings. The highest BCUT2D eigenvalue weighted by Crippen LogP contribution is 2.07. The highest BCUT2D eigenvalue weighted by molar-refractivity contribution is 5.95. The molecule has 5 heteroatoms. The Morgan fingerprint density at radius 3 is 2.29 bits per heavy atom. The third-order valence-corrected chi connectivity index (χ3v) is 2.74. The summed E-state index contributed by atoms with van der Waals surface area (Å²) in [5, 5.41) is 0. The van der Waals surface area contributed by atoms with Crippen LogP contribution in [0.15, 0.2) is 54.6 Å². The van der Waals surface area contributed by atoms with E-state index in [9.17, 15) is 9.59 Å². The second kappa shape index (κ2) is 7.09. The zero-order valence-electron chi connectivity index (χ0n) is 11.6. The molecule has 0 atom stereocenters. The number of rotatable bonds is 4. The number of hydrogen-bond acceptors (Lipinski definition) is 3. The van der Waals surface area contributed by atoms with E-state index in [2.05, 4.69) is 10.9 Å². The van der Waals surface area contributed by atoms with Crippen LogP contribution in [0.2, 0.25) is 0 Å². The highest BCUT2D eigenvalue weighted by Gasteiger charge is 2.07. The molecule has 0 saturated carbocycles. The maximum atomic E-state index is 11.8. The van der Waals surface area contributed by atoms with Crippen LogP contribution in [-0.2, 0) is 4.79 Å². The average Bonchev–Trinajstić information content (AvgIpc) is 2.52. The zero-order chi connectivity index (χ0) is 15.1. The molecule has 21 heavy (non-hydrogen) atoms. The first-order valence-corrected chi connectivity index (χ1v) is 6.49. The average molecular weight is 284 g/mol. The molecule has 0 spiro atoms. The summed E-state index contributed by atoms with van der Waals surface area (Å²) < 4.78 is 5.26. The van der Waals surface area contributed by atoms with Gasteiger partial charge in [0.15, 0.2) is 6.61 Å². The van der Waals surface area contributed by atoms with Crippen LogP contribution in [0.4, 0.5) is 0 Å². The molecule has 2 rings (SSSR count). The Morgan fingerprint density at radius 2 is 1.62 bits per heavy atom. The lowest BCUT2D eigenvalue weighted by atomic mass is 10.1. The van der Waals surface area contributed by atoms with Gasteiger partial charge in [-0.2, -0.15) is 0 Å². The van der Waals surface area contributed by atoms with E-state index in [0.717, 1.165) is 5.56 Å². The van der Waals surface area contributed by atoms with Gasteiger partial charge in [-0.15, -0.1) is 0 Å². The van der Waals surface area contributed by atoms with Gasteiger partial charge in [0.2, 0.25) is 0 Å². The van der Waals surface area contributed by atoms with Gasteiger partial charge in [-0.25, -0.2) is 0 Å². The maximum absolute atomic E-state index is 11.8. The van der Waals surface area contributed by atoms with Crippen molar-refractivity contribution in [2.24, 2.45) is 0 Å². The summed E-state index contributed by atoms with van der Waals surface area (Å²) in [6.45, 7) is 1.77. The lowest BCUT2D eigenvalue weighted by molar-refractivity contribution is -0.123. The second-order valence-corrected chi connectivity index (χ2v) is 4.47. The fourth-order valence-electron chi connectivity index (χ4n) is 1.61. The van der Waals surface area contributed by atoms with Crippen LogP contribution in [-0.4, -0.2) is 18.4 Å². The van der Waals surface area contributed by atoms with Crippen molar-refractivity contribution in [2.45, 2.75) is 6.92 Å². The van der Waals surface area contributed by atoms with E-state index in [0.29, 0.717) is 11.3 Å². The molecular formula is C16H16N2O3. The first kappa shape index (κ1) is 14.6. The molecule has 0 bridgehead atoms. The summed E-state index contributed by atoms with van der Waals surface area (Å²) in [6, 6.07) is 16.0. The van der Waals surface area contributed by atoms with E-state index in [1.54, 1.807) is 24.3 Å². The molecule has 2 amide bonds. The summed E-state index contributed by atoms with van der Waals surface area (Å²) in [4.78, 5) is 23.3. The Hall–Kier alpha value is -2.82. The molecule has 0 aromatic heterocycles. The van der Waals surface area contributed by atoms with Crippen LogP contribution >= 0.6 is 0 Å². The molecule has 108 valence electrons. The van der Waals surface area contributed by atoms with Crippen LogP contribution in [0.5, 0.6) is 5.75 Å². The molecule has 0 fully saturated rings. The minimum absolute atomic E-state index is 0.168. The van der Waals surface area contributed by atoms with Crippen molar-refractivity contribution < 1.29 is 14.3 Å². The lowest BCUT2D eigenvalue weighted by Crippen LogP contribution is -2.43. The standard InChI is InChI=1S/C16H16N2O3/c1-12-7-9-13(10-8-12)16(20)18-17-15(19)11-21-14-5-3-2-4-6-14/h2-10H,11H2,1H3,(H,17,19)(H,18,20). The minimum atomic E-state index is -0.431. The molecule has 0 radical (unpaired) electrons. The van der Waals surface area contributed by atoms with Crippen molar-refractivity contribution in [1.82, 2.24) is 10.9 Å². The van der Waals surface area contributed by atoms with E-state index >= 15 is 0 Å².